The lowest BCUT2D eigenvalue weighted by Gasteiger charge is -2.35. The van der Waals surface area contributed by atoms with E-state index in [4.69, 9.17) is 0 Å². The molecule has 0 spiro atoms. The van der Waals surface area contributed by atoms with Gasteiger partial charge in [0.2, 0.25) is 0 Å². The van der Waals surface area contributed by atoms with Crippen LogP contribution in [-0.2, 0) is 5.41 Å². The predicted octanol–water partition coefficient (Wildman–Crippen LogP) is 18.0. The van der Waals surface area contributed by atoms with Crippen LogP contribution in [0.25, 0.3) is 75.5 Å². The first-order valence-corrected chi connectivity index (χ1v) is 23.9. The molecule has 1 aromatic heterocycles. The minimum atomic E-state index is -0.506. The van der Waals surface area contributed by atoms with Crippen molar-refractivity contribution in [2.45, 2.75) is 5.41 Å². The van der Waals surface area contributed by atoms with Gasteiger partial charge in [-0.25, -0.2) is 0 Å². The molecule has 0 unspecified atom stereocenters. The van der Waals surface area contributed by atoms with E-state index in [1.807, 2.05) is 11.3 Å². The second-order valence-electron chi connectivity index (χ2n) is 17.6. The summed E-state index contributed by atoms with van der Waals surface area (Å²) in [5.41, 5.74) is 17.8. The molecule has 0 radical (unpaired) electrons. The van der Waals surface area contributed by atoms with Crippen LogP contribution in [0.4, 0.5) is 17.1 Å². The average Bonchev–Trinajstić information content (AvgIpc) is 3.94. The number of nitrogens with zero attached hydrogens (tertiary/aromatic N) is 1. The Kier molecular flexibility index (Phi) is 9.33. The van der Waals surface area contributed by atoms with E-state index < -0.39 is 5.41 Å². The van der Waals surface area contributed by atoms with E-state index in [2.05, 4.69) is 266 Å². The molecule has 0 saturated heterocycles. The zero-order chi connectivity index (χ0) is 44.3. The summed E-state index contributed by atoms with van der Waals surface area (Å²) in [7, 11) is 0. The van der Waals surface area contributed by atoms with E-state index in [-0.39, 0.29) is 0 Å². The van der Waals surface area contributed by atoms with Crippen molar-refractivity contribution in [1.82, 2.24) is 0 Å². The Morgan fingerprint density at radius 3 is 1.61 bits per heavy atom. The molecule has 0 atom stereocenters. The highest BCUT2D eigenvalue weighted by molar-refractivity contribution is 7.26. The van der Waals surface area contributed by atoms with Gasteiger partial charge in [-0.05, 0) is 126 Å². The van der Waals surface area contributed by atoms with Crippen LogP contribution in [0.3, 0.4) is 0 Å². The number of thiophene rings is 1. The van der Waals surface area contributed by atoms with E-state index in [0.29, 0.717) is 0 Å². The highest BCUT2D eigenvalue weighted by atomic mass is 32.1. The van der Waals surface area contributed by atoms with Gasteiger partial charge in [-0.15, -0.1) is 11.3 Å². The van der Waals surface area contributed by atoms with Gasteiger partial charge in [-0.2, -0.15) is 0 Å². The summed E-state index contributed by atoms with van der Waals surface area (Å²) < 4.78 is 2.56. The molecule has 1 aliphatic rings. The van der Waals surface area contributed by atoms with Crippen LogP contribution in [0.15, 0.2) is 261 Å². The van der Waals surface area contributed by atoms with Crippen molar-refractivity contribution < 1.29 is 0 Å². The van der Waals surface area contributed by atoms with Gasteiger partial charge >= 0.3 is 0 Å². The molecule has 0 N–H and O–H groups in total. The van der Waals surface area contributed by atoms with Gasteiger partial charge in [0, 0.05) is 26.8 Å². The Morgan fingerprint density at radius 2 is 0.851 bits per heavy atom. The second kappa shape index (κ2) is 16.0. The number of fused-ring (bicyclic) bond motifs is 7. The molecule has 0 amide bonds. The third-order valence-electron chi connectivity index (χ3n) is 13.9. The van der Waals surface area contributed by atoms with Gasteiger partial charge in [-0.3, -0.25) is 0 Å². The first-order valence-electron chi connectivity index (χ1n) is 23.1. The van der Waals surface area contributed by atoms with Crippen LogP contribution in [0.5, 0.6) is 0 Å². The van der Waals surface area contributed by atoms with Crippen LogP contribution < -0.4 is 4.90 Å². The maximum atomic E-state index is 2.48. The van der Waals surface area contributed by atoms with Crippen molar-refractivity contribution in [2.75, 3.05) is 4.90 Å². The molecule has 1 heterocycles. The maximum absolute atomic E-state index is 2.48. The van der Waals surface area contributed by atoms with E-state index >= 15 is 0 Å². The zero-order valence-electron chi connectivity index (χ0n) is 36.7. The minimum absolute atomic E-state index is 0.506. The fourth-order valence-corrected chi connectivity index (χ4v) is 12.0. The summed E-state index contributed by atoms with van der Waals surface area (Å²) in [6, 6.07) is 96.3. The van der Waals surface area contributed by atoms with Crippen LogP contribution in [0.2, 0.25) is 0 Å². The smallest absolute Gasteiger partial charge is 0.0714 e. The normalized spacial score (nSPS) is 12.6. The molecule has 1 aliphatic carbocycles. The number of rotatable bonds is 8. The molecule has 0 bridgehead atoms. The van der Waals surface area contributed by atoms with E-state index in [0.717, 1.165) is 11.4 Å². The van der Waals surface area contributed by atoms with E-state index in [9.17, 15) is 0 Å². The largest absolute Gasteiger partial charge is 0.309 e. The van der Waals surface area contributed by atoms with Crippen LogP contribution in [0, 0.1) is 0 Å². The van der Waals surface area contributed by atoms with Crippen molar-refractivity contribution in [1.29, 1.82) is 0 Å². The molecular weight excluding hydrogens is 827 g/mol. The third kappa shape index (κ3) is 6.44. The Balaban J connectivity index is 0.922. The molecule has 1 nitrogen and oxygen atoms in total. The average molecular weight is 870 g/mol. The lowest BCUT2D eigenvalue weighted by atomic mass is 9.67. The van der Waals surface area contributed by atoms with Crippen molar-refractivity contribution >= 4 is 59.3 Å². The Labute approximate surface area is 395 Å². The number of hydrogen-bond acceptors (Lipinski definition) is 2. The highest BCUT2D eigenvalue weighted by Crippen LogP contribution is 2.57. The molecule has 314 valence electrons. The predicted molar refractivity (Wildman–Crippen MR) is 285 cm³/mol. The van der Waals surface area contributed by atoms with Gasteiger partial charge < -0.3 is 4.90 Å². The highest BCUT2D eigenvalue weighted by Gasteiger charge is 2.46. The molecular formula is C65H43NS. The molecule has 0 aliphatic heterocycles. The number of benzene rings is 11. The van der Waals surface area contributed by atoms with Crippen molar-refractivity contribution in [3.05, 3.63) is 283 Å². The molecule has 13 rings (SSSR count). The minimum Gasteiger partial charge on any atom is -0.309 e. The summed E-state index contributed by atoms with van der Waals surface area (Å²) in [5, 5.41) is 5.09. The van der Waals surface area contributed by atoms with Crippen molar-refractivity contribution in [2.24, 2.45) is 0 Å². The Bertz CT molecular complexity index is 3750. The van der Waals surface area contributed by atoms with Crippen LogP contribution in [-0.4, -0.2) is 0 Å². The second-order valence-corrected chi connectivity index (χ2v) is 18.7. The van der Waals surface area contributed by atoms with Gasteiger partial charge in [0.05, 0.1) is 15.8 Å². The number of hydrogen-bond donors (Lipinski definition) is 0. The Morgan fingerprint density at radius 1 is 0.313 bits per heavy atom. The SMILES string of the molecule is c1ccc(C2(c3ccccc3)c3ccccc3-c3ccc(N(c4ccc(-c5ccc(-c6cccc(-c7ccc8ccccc8c7)c6)cc5)cc4)c4cccc5c4sc4ccccc45)cc32)cc1. The summed E-state index contributed by atoms with van der Waals surface area (Å²) in [5.74, 6) is 0. The van der Waals surface area contributed by atoms with Gasteiger partial charge in [0.25, 0.3) is 0 Å². The quantitative estimate of drug-likeness (QED) is 0.147. The van der Waals surface area contributed by atoms with E-state index in [1.54, 1.807) is 0 Å². The maximum Gasteiger partial charge on any atom is 0.0714 e. The van der Waals surface area contributed by atoms with Crippen molar-refractivity contribution in [3.63, 3.8) is 0 Å². The van der Waals surface area contributed by atoms with E-state index in [1.165, 1.54) is 103 Å². The summed E-state index contributed by atoms with van der Waals surface area (Å²) >= 11 is 1.87. The molecule has 12 aromatic rings. The molecule has 11 aromatic carbocycles. The topological polar surface area (TPSA) is 3.24 Å². The van der Waals surface area contributed by atoms with Crippen LogP contribution in [0.1, 0.15) is 22.3 Å². The number of anilines is 3. The Hall–Kier alpha value is -8.30. The standard InChI is InChI=1S/C65H43NS/c1-3-19-52(20-4-1)65(53-21-5-2-6-22-53)60-26-11-9-23-56(60)57-40-39-55(43-61(57)65)66(62-27-14-25-59-58-24-10-12-28-63(58)67-64(59)62)54-37-35-46(36-38-54)45-29-31-47(32-30-45)49-17-13-18-50(41-49)51-34-33-44-15-7-8-16-48(44)42-51/h1-43H. The third-order valence-corrected chi connectivity index (χ3v) is 15.2. The first-order chi connectivity index (χ1) is 33.2. The summed E-state index contributed by atoms with van der Waals surface area (Å²) in [6.07, 6.45) is 0. The molecule has 0 fully saturated rings. The fraction of sp³-hybridized carbons (Fsp3) is 0.0154. The monoisotopic (exact) mass is 869 g/mol. The lowest BCUT2D eigenvalue weighted by Crippen LogP contribution is -2.28. The van der Waals surface area contributed by atoms with Gasteiger partial charge in [-0.1, -0.05) is 212 Å². The summed E-state index contributed by atoms with van der Waals surface area (Å²) in [6.45, 7) is 0. The summed E-state index contributed by atoms with van der Waals surface area (Å²) in [4.78, 5) is 2.48. The fourth-order valence-electron chi connectivity index (χ4n) is 10.8. The molecule has 0 saturated carbocycles. The van der Waals surface area contributed by atoms with Crippen molar-refractivity contribution in [3.8, 4) is 44.5 Å². The first kappa shape index (κ1) is 39.1. The van der Waals surface area contributed by atoms with Gasteiger partial charge in [0.1, 0.15) is 0 Å². The lowest BCUT2D eigenvalue weighted by molar-refractivity contribution is 0.768. The van der Waals surface area contributed by atoms with Gasteiger partial charge in [0.15, 0.2) is 0 Å². The molecule has 2 heteroatoms. The van der Waals surface area contributed by atoms with Crippen LogP contribution >= 0.6 is 11.3 Å². The zero-order valence-corrected chi connectivity index (χ0v) is 37.5. The molecule has 67 heavy (non-hydrogen) atoms.